The average molecular weight is 272 g/mol. The molecule has 0 aliphatic rings. The Labute approximate surface area is 117 Å². The van der Waals surface area contributed by atoms with Crippen LogP contribution in [-0.4, -0.2) is 29.1 Å². The molecule has 0 spiro atoms. The summed E-state index contributed by atoms with van der Waals surface area (Å²) in [7, 11) is 0. The van der Waals surface area contributed by atoms with E-state index in [1.165, 1.54) is 17.2 Å². The fraction of sp³-hybridized carbons (Fsp3) is 0.200. The number of amides is 1. The summed E-state index contributed by atoms with van der Waals surface area (Å²) in [5.74, 6) is -0.390. The van der Waals surface area contributed by atoms with Crippen LogP contribution in [0.3, 0.4) is 0 Å². The number of carbonyl (C=O) groups excluding carboxylic acids is 1. The van der Waals surface area contributed by atoms with Crippen molar-refractivity contribution in [3.05, 3.63) is 71.2 Å². The molecule has 0 aliphatic carbocycles. The van der Waals surface area contributed by atoms with Crippen molar-refractivity contribution in [1.29, 1.82) is 0 Å². The molecule has 0 fully saturated rings. The van der Waals surface area contributed by atoms with Gasteiger partial charge in [0, 0.05) is 25.2 Å². The van der Waals surface area contributed by atoms with Gasteiger partial charge in [-0.25, -0.2) is 0 Å². The second kappa shape index (κ2) is 6.68. The second-order valence-electron chi connectivity index (χ2n) is 4.35. The zero-order chi connectivity index (χ0) is 14.4. The van der Waals surface area contributed by atoms with Gasteiger partial charge in [0.1, 0.15) is 0 Å². The summed E-state index contributed by atoms with van der Waals surface area (Å²) in [6.45, 7) is 0.391. The Morgan fingerprint density at radius 1 is 1.15 bits per heavy atom. The van der Waals surface area contributed by atoms with E-state index in [4.69, 9.17) is 5.11 Å². The van der Waals surface area contributed by atoms with Crippen molar-refractivity contribution in [2.45, 2.75) is 6.54 Å². The third kappa shape index (κ3) is 3.33. The lowest BCUT2D eigenvalue weighted by Gasteiger charge is -2.20. The normalized spacial score (nSPS) is 10.2. The molecule has 0 unspecified atom stereocenters. The van der Waals surface area contributed by atoms with Crippen molar-refractivity contribution in [3.63, 3.8) is 0 Å². The first-order valence-corrected chi connectivity index (χ1v) is 6.34. The van der Waals surface area contributed by atoms with Gasteiger partial charge in [0.05, 0.1) is 6.61 Å². The van der Waals surface area contributed by atoms with Crippen LogP contribution in [-0.2, 0) is 6.54 Å². The number of aliphatic hydroxyl groups excluding tert-OH is 1. The minimum absolute atomic E-state index is 0.0527. The largest absolute Gasteiger partial charge is 0.618 e. The molecule has 1 amide bonds. The van der Waals surface area contributed by atoms with Gasteiger partial charge in [0.15, 0.2) is 6.20 Å². The molecule has 5 heteroatoms. The molecular formula is C15H16N2O3. The molecular weight excluding hydrogens is 256 g/mol. The predicted molar refractivity (Wildman–Crippen MR) is 73.7 cm³/mol. The fourth-order valence-corrected chi connectivity index (χ4v) is 1.93. The van der Waals surface area contributed by atoms with Crippen LogP contribution in [0.1, 0.15) is 16.1 Å². The van der Waals surface area contributed by atoms with Crippen LogP contribution >= 0.6 is 0 Å². The smallest absolute Gasteiger partial charge is 0.320 e. The van der Waals surface area contributed by atoms with Gasteiger partial charge in [-0.3, -0.25) is 4.79 Å². The van der Waals surface area contributed by atoms with Gasteiger partial charge in [-0.15, -0.1) is 0 Å². The van der Waals surface area contributed by atoms with Crippen LogP contribution in [0.15, 0.2) is 54.7 Å². The maximum absolute atomic E-state index is 12.4. The lowest BCUT2D eigenvalue weighted by Crippen LogP contribution is -2.42. The number of aliphatic hydroxyl groups is 1. The lowest BCUT2D eigenvalue weighted by atomic mass is 10.2. The fourth-order valence-electron chi connectivity index (χ4n) is 1.93. The van der Waals surface area contributed by atoms with Gasteiger partial charge in [-0.1, -0.05) is 30.3 Å². The van der Waals surface area contributed by atoms with Gasteiger partial charge in [-0.05, 0) is 11.6 Å². The maximum Gasteiger partial charge on any atom is 0.320 e. The van der Waals surface area contributed by atoms with Gasteiger partial charge in [0.2, 0.25) is 0 Å². The standard InChI is InChI=1S/C15H16N2O3/c18-11-10-16(12-13-6-2-1-3-7-13)15(19)14-8-4-5-9-17(14)20/h1-9,18H,10-12H2. The Bertz CT molecular complexity index is 572. The summed E-state index contributed by atoms with van der Waals surface area (Å²) in [6, 6.07) is 14.1. The number of rotatable bonds is 5. The van der Waals surface area contributed by atoms with Crippen molar-refractivity contribution in [2.75, 3.05) is 13.2 Å². The predicted octanol–water partition coefficient (Wildman–Crippen LogP) is 0.955. The van der Waals surface area contributed by atoms with Crippen LogP contribution in [0.5, 0.6) is 0 Å². The van der Waals surface area contributed by atoms with Gasteiger partial charge < -0.3 is 15.2 Å². The van der Waals surface area contributed by atoms with E-state index in [0.717, 1.165) is 5.56 Å². The van der Waals surface area contributed by atoms with Crippen LogP contribution < -0.4 is 4.73 Å². The highest BCUT2D eigenvalue weighted by molar-refractivity contribution is 5.90. The third-order valence-electron chi connectivity index (χ3n) is 2.92. The molecule has 0 atom stereocenters. The Balaban J connectivity index is 2.20. The molecule has 5 nitrogen and oxygen atoms in total. The minimum atomic E-state index is -0.390. The number of pyridine rings is 1. The summed E-state index contributed by atoms with van der Waals surface area (Å²) < 4.78 is 0.539. The van der Waals surface area contributed by atoms with E-state index in [1.54, 1.807) is 12.1 Å². The van der Waals surface area contributed by atoms with Crippen LogP contribution in [0.2, 0.25) is 0 Å². The summed E-state index contributed by atoms with van der Waals surface area (Å²) in [4.78, 5) is 13.8. The number of benzene rings is 1. The quantitative estimate of drug-likeness (QED) is 0.651. The zero-order valence-electron chi connectivity index (χ0n) is 11.0. The highest BCUT2D eigenvalue weighted by Crippen LogP contribution is 2.07. The van der Waals surface area contributed by atoms with Crippen molar-refractivity contribution in [3.8, 4) is 0 Å². The lowest BCUT2D eigenvalue weighted by molar-refractivity contribution is -0.608. The summed E-state index contributed by atoms with van der Waals surface area (Å²) in [6.07, 6.45) is 1.28. The average Bonchev–Trinajstić information content (AvgIpc) is 2.48. The maximum atomic E-state index is 12.4. The summed E-state index contributed by atoms with van der Waals surface area (Å²) in [5.41, 5.74) is 1.000. The summed E-state index contributed by atoms with van der Waals surface area (Å²) in [5, 5.41) is 20.7. The first kappa shape index (κ1) is 14.0. The zero-order valence-corrected chi connectivity index (χ0v) is 11.0. The molecule has 1 aromatic heterocycles. The van der Waals surface area contributed by atoms with E-state index in [9.17, 15) is 10.0 Å². The number of hydrogen-bond donors (Lipinski definition) is 1. The van der Waals surface area contributed by atoms with E-state index in [2.05, 4.69) is 0 Å². The number of aromatic nitrogens is 1. The van der Waals surface area contributed by atoms with Crippen molar-refractivity contribution in [1.82, 2.24) is 4.90 Å². The first-order chi connectivity index (χ1) is 9.72. The monoisotopic (exact) mass is 272 g/mol. The van der Waals surface area contributed by atoms with Crippen molar-refractivity contribution >= 4 is 5.91 Å². The molecule has 0 saturated carbocycles. The molecule has 20 heavy (non-hydrogen) atoms. The minimum Gasteiger partial charge on any atom is -0.618 e. The van der Waals surface area contributed by atoms with Gasteiger partial charge >= 0.3 is 5.91 Å². The Hall–Kier alpha value is -2.40. The molecule has 2 rings (SSSR count). The van der Waals surface area contributed by atoms with E-state index in [0.29, 0.717) is 11.3 Å². The van der Waals surface area contributed by atoms with E-state index in [-0.39, 0.29) is 18.8 Å². The molecule has 0 radical (unpaired) electrons. The molecule has 1 aromatic carbocycles. The van der Waals surface area contributed by atoms with E-state index < -0.39 is 5.91 Å². The third-order valence-corrected chi connectivity index (χ3v) is 2.92. The topological polar surface area (TPSA) is 67.5 Å². The molecule has 0 bridgehead atoms. The van der Waals surface area contributed by atoms with Crippen LogP contribution in [0, 0.1) is 5.21 Å². The number of carbonyl (C=O) groups is 1. The van der Waals surface area contributed by atoms with Crippen molar-refractivity contribution in [2.24, 2.45) is 0 Å². The van der Waals surface area contributed by atoms with E-state index in [1.807, 2.05) is 30.3 Å². The Morgan fingerprint density at radius 3 is 2.50 bits per heavy atom. The highest BCUT2D eigenvalue weighted by atomic mass is 16.5. The molecule has 1 heterocycles. The Kier molecular flexibility index (Phi) is 4.68. The SMILES string of the molecule is O=C(c1cccc[n+]1[O-])N(CCO)Cc1ccccc1. The van der Waals surface area contributed by atoms with Crippen LogP contribution in [0.25, 0.3) is 0 Å². The number of hydrogen-bond acceptors (Lipinski definition) is 3. The van der Waals surface area contributed by atoms with E-state index >= 15 is 0 Å². The molecule has 0 aliphatic heterocycles. The highest BCUT2D eigenvalue weighted by Gasteiger charge is 2.22. The van der Waals surface area contributed by atoms with Gasteiger partial charge in [-0.2, -0.15) is 4.73 Å². The molecule has 1 N–H and O–H groups in total. The Morgan fingerprint density at radius 2 is 1.85 bits per heavy atom. The molecule has 0 saturated heterocycles. The number of nitrogens with zero attached hydrogens (tertiary/aromatic N) is 2. The first-order valence-electron chi connectivity index (χ1n) is 6.34. The van der Waals surface area contributed by atoms with Gasteiger partial charge in [0.25, 0.3) is 5.69 Å². The summed E-state index contributed by atoms with van der Waals surface area (Å²) >= 11 is 0. The molecule has 104 valence electrons. The second-order valence-corrected chi connectivity index (χ2v) is 4.35. The van der Waals surface area contributed by atoms with Crippen molar-refractivity contribution < 1.29 is 14.6 Å². The van der Waals surface area contributed by atoms with Crippen LogP contribution in [0.4, 0.5) is 0 Å². The molecule has 2 aromatic rings.